The van der Waals surface area contributed by atoms with Gasteiger partial charge in [0.15, 0.2) is 5.13 Å². The van der Waals surface area contributed by atoms with Gasteiger partial charge in [0.1, 0.15) is 23.6 Å². The molecule has 32 heavy (non-hydrogen) atoms. The molecule has 0 unspecified atom stereocenters. The number of ether oxygens (including phenoxy) is 3. The van der Waals surface area contributed by atoms with Crippen molar-refractivity contribution in [1.82, 2.24) is 15.0 Å². The van der Waals surface area contributed by atoms with E-state index in [1.807, 2.05) is 12.1 Å². The van der Waals surface area contributed by atoms with Crippen molar-refractivity contribution in [1.29, 1.82) is 0 Å². The van der Waals surface area contributed by atoms with Crippen molar-refractivity contribution in [2.45, 2.75) is 0 Å². The zero-order valence-electron chi connectivity index (χ0n) is 17.3. The first-order valence-electron chi connectivity index (χ1n) is 9.22. The van der Waals surface area contributed by atoms with Crippen LogP contribution < -0.4 is 24.8 Å². The number of thiazole rings is 1. The highest BCUT2D eigenvalue weighted by atomic mass is 32.1. The highest BCUT2D eigenvalue weighted by molar-refractivity contribution is 7.22. The van der Waals surface area contributed by atoms with Gasteiger partial charge in [0, 0.05) is 6.07 Å². The number of benzene rings is 2. The summed E-state index contributed by atoms with van der Waals surface area (Å²) in [7, 11) is 4.60. The third-order valence-corrected chi connectivity index (χ3v) is 5.42. The summed E-state index contributed by atoms with van der Waals surface area (Å²) >= 11 is 1.32. The number of fused-ring (bicyclic) bond motifs is 1. The molecule has 0 fully saturated rings. The Morgan fingerprint density at radius 2 is 1.62 bits per heavy atom. The van der Waals surface area contributed by atoms with E-state index in [0.717, 1.165) is 10.2 Å². The predicted molar refractivity (Wildman–Crippen MR) is 121 cm³/mol. The molecule has 0 saturated carbocycles. The molecular formula is C20H18N6O5S. The molecule has 0 aliphatic rings. The maximum Gasteiger partial charge on any atom is 0.353 e. The quantitative estimate of drug-likeness (QED) is 0.289. The largest absolute Gasteiger partial charge is 0.497 e. The van der Waals surface area contributed by atoms with Crippen molar-refractivity contribution in [3.8, 4) is 17.2 Å². The maximum atomic E-state index is 11.9. The molecule has 0 bridgehead atoms. The lowest BCUT2D eigenvalue weighted by Gasteiger charge is -2.13. The van der Waals surface area contributed by atoms with E-state index in [9.17, 15) is 10.1 Å². The third kappa shape index (κ3) is 4.16. The summed E-state index contributed by atoms with van der Waals surface area (Å²) in [6.45, 7) is 0. The summed E-state index contributed by atoms with van der Waals surface area (Å²) in [5.74, 6) is 1.70. The average Bonchev–Trinajstić information content (AvgIpc) is 3.20. The van der Waals surface area contributed by atoms with Crippen LogP contribution in [0.4, 0.5) is 28.1 Å². The fourth-order valence-electron chi connectivity index (χ4n) is 2.96. The van der Waals surface area contributed by atoms with Crippen LogP contribution in [0.3, 0.4) is 0 Å². The van der Waals surface area contributed by atoms with Gasteiger partial charge in [-0.25, -0.2) is 15.0 Å². The summed E-state index contributed by atoms with van der Waals surface area (Å²) < 4.78 is 16.7. The van der Waals surface area contributed by atoms with Gasteiger partial charge in [0.25, 0.3) is 0 Å². The van der Waals surface area contributed by atoms with Crippen molar-refractivity contribution in [2.75, 3.05) is 32.0 Å². The highest BCUT2D eigenvalue weighted by Crippen LogP contribution is 2.38. The number of methoxy groups -OCH3 is 3. The molecule has 11 nitrogen and oxygen atoms in total. The summed E-state index contributed by atoms with van der Waals surface area (Å²) in [4.78, 5) is 23.9. The number of hydrogen-bond donors (Lipinski definition) is 2. The summed E-state index contributed by atoms with van der Waals surface area (Å²) in [6.07, 6.45) is 1.22. The first-order chi connectivity index (χ1) is 15.5. The first-order valence-corrected chi connectivity index (χ1v) is 10.0. The molecule has 12 heteroatoms. The Morgan fingerprint density at radius 3 is 2.31 bits per heavy atom. The Hall–Kier alpha value is -4.19. The van der Waals surface area contributed by atoms with E-state index in [0.29, 0.717) is 28.1 Å². The normalized spacial score (nSPS) is 10.6. The van der Waals surface area contributed by atoms with Crippen LogP contribution in [0.1, 0.15) is 0 Å². The van der Waals surface area contributed by atoms with E-state index >= 15 is 0 Å². The fourth-order valence-corrected chi connectivity index (χ4v) is 3.85. The summed E-state index contributed by atoms with van der Waals surface area (Å²) in [6, 6.07) is 10.5. The number of anilines is 4. The van der Waals surface area contributed by atoms with Gasteiger partial charge in [-0.05, 0) is 30.3 Å². The summed E-state index contributed by atoms with van der Waals surface area (Å²) in [5.41, 5.74) is 0.843. The molecule has 0 radical (unpaired) electrons. The molecule has 2 N–H and O–H groups in total. The predicted octanol–water partition coefficient (Wildman–Crippen LogP) is 4.51. The first kappa shape index (κ1) is 21.1. The smallest absolute Gasteiger partial charge is 0.353 e. The lowest BCUT2D eigenvalue weighted by molar-refractivity contribution is -0.383. The Morgan fingerprint density at radius 1 is 0.938 bits per heavy atom. The number of nitrogens with zero attached hydrogens (tertiary/aromatic N) is 4. The highest BCUT2D eigenvalue weighted by Gasteiger charge is 2.25. The molecule has 2 aromatic heterocycles. The van der Waals surface area contributed by atoms with Gasteiger partial charge in [-0.15, -0.1) is 0 Å². The second kappa shape index (κ2) is 8.89. The van der Waals surface area contributed by atoms with Crippen LogP contribution >= 0.6 is 11.3 Å². The minimum atomic E-state index is -0.562. The average molecular weight is 454 g/mol. The van der Waals surface area contributed by atoms with Crippen molar-refractivity contribution in [3.05, 3.63) is 52.8 Å². The zero-order valence-corrected chi connectivity index (χ0v) is 18.1. The van der Waals surface area contributed by atoms with Gasteiger partial charge in [0.2, 0.25) is 11.6 Å². The molecule has 0 aliphatic carbocycles. The van der Waals surface area contributed by atoms with Crippen molar-refractivity contribution in [3.63, 3.8) is 0 Å². The molecule has 164 valence electrons. The van der Waals surface area contributed by atoms with E-state index in [-0.39, 0.29) is 17.3 Å². The summed E-state index contributed by atoms with van der Waals surface area (Å²) in [5, 5.41) is 18.2. The van der Waals surface area contributed by atoms with Gasteiger partial charge in [-0.1, -0.05) is 11.3 Å². The maximum absolute atomic E-state index is 11.9. The molecule has 2 aromatic carbocycles. The van der Waals surface area contributed by atoms with Crippen LogP contribution in [-0.2, 0) is 0 Å². The van der Waals surface area contributed by atoms with Crippen LogP contribution in [-0.4, -0.2) is 41.2 Å². The van der Waals surface area contributed by atoms with Crippen LogP contribution in [0.2, 0.25) is 0 Å². The number of hydrogen-bond acceptors (Lipinski definition) is 11. The molecule has 0 saturated heterocycles. The van der Waals surface area contributed by atoms with E-state index < -0.39 is 4.92 Å². The lowest BCUT2D eigenvalue weighted by atomic mass is 10.2. The minimum Gasteiger partial charge on any atom is -0.497 e. The lowest BCUT2D eigenvalue weighted by Crippen LogP contribution is -2.06. The van der Waals surface area contributed by atoms with Crippen LogP contribution in [0.25, 0.3) is 10.2 Å². The topological polar surface area (TPSA) is 134 Å². The van der Waals surface area contributed by atoms with Gasteiger partial charge in [-0.3, -0.25) is 10.1 Å². The Bertz CT molecular complexity index is 1290. The van der Waals surface area contributed by atoms with Crippen LogP contribution in [0.5, 0.6) is 17.2 Å². The Balaban J connectivity index is 1.71. The second-order valence-electron chi connectivity index (χ2n) is 6.35. The van der Waals surface area contributed by atoms with E-state index in [2.05, 4.69) is 25.6 Å². The molecule has 2 heterocycles. The van der Waals surface area contributed by atoms with Crippen LogP contribution in [0, 0.1) is 10.1 Å². The molecule has 4 rings (SSSR count). The number of nitro groups is 1. The SMILES string of the molecule is COc1ccc(OC)c(Nc2ncnc(Nc3nc4ccc(OC)cc4s3)c2[N+](=O)[O-])c1. The minimum absolute atomic E-state index is 0.000356. The van der Waals surface area contributed by atoms with Crippen molar-refractivity contribution in [2.24, 2.45) is 0 Å². The molecule has 0 spiro atoms. The van der Waals surface area contributed by atoms with Crippen molar-refractivity contribution < 1.29 is 19.1 Å². The zero-order chi connectivity index (χ0) is 22.7. The fraction of sp³-hybridized carbons (Fsp3) is 0.150. The van der Waals surface area contributed by atoms with Gasteiger partial charge in [-0.2, -0.15) is 0 Å². The standard InChI is InChI=1S/C20H18N6O5S/c1-29-11-5-7-15(31-3)14(8-11)23-18-17(26(27)28)19(22-10-21-18)25-20-24-13-6-4-12(30-2)9-16(13)32-20/h4-10H,1-3H3,(H2,21,22,23,24,25). The van der Waals surface area contributed by atoms with Gasteiger partial charge >= 0.3 is 5.69 Å². The van der Waals surface area contributed by atoms with E-state index in [1.165, 1.54) is 31.9 Å². The molecule has 0 amide bonds. The monoisotopic (exact) mass is 454 g/mol. The van der Waals surface area contributed by atoms with Gasteiger partial charge < -0.3 is 24.8 Å². The molecular weight excluding hydrogens is 436 g/mol. The molecule has 0 atom stereocenters. The number of aromatic nitrogens is 3. The van der Waals surface area contributed by atoms with E-state index in [4.69, 9.17) is 14.2 Å². The Labute approximate surface area is 186 Å². The molecule has 4 aromatic rings. The third-order valence-electron chi connectivity index (χ3n) is 4.49. The number of rotatable bonds is 8. The van der Waals surface area contributed by atoms with Crippen LogP contribution in [0.15, 0.2) is 42.7 Å². The molecule has 0 aliphatic heterocycles. The number of nitrogens with one attached hydrogen (secondary N) is 2. The van der Waals surface area contributed by atoms with Crippen molar-refractivity contribution >= 4 is 49.7 Å². The van der Waals surface area contributed by atoms with Gasteiger partial charge in [0.05, 0.1) is 42.2 Å². The van der Waals surface area contributed by atoms with E-state index in [1.54, 1.807) is 31.4 Å². The second-order valence-corrected chi connectivity index (χ2v) is 7.38. The Kier molecular flexibility index (Phi) is 5.85.